The van der Waals surface area contributed by atoms with E-state index in [1.165, 1.54) is 0 Å². The number of aromatic nitrogens is 4. The Morgan fingerprint density at radius 1 is 1.11 bits per heavy atom. The van der Waals surface area contributed by atoms with Crippen LogP contribution in [-0.4, -0.2) is 19.6 Å². The van der Waals surface area contributed by atoms with Crippen LogP contribution in [0, 0.1) is 6.92 Å². The summed E-state index contributed by atoms with van der Waals surface area (Å²) < 4.78 is 6.85. The molecule has 0 fully saturated rings. The highest BCUT2D eigenvalue weighted by Gasteiger charge is 2.12. The number of furan rings is 1. The highest BCUT2D eigenvalue weighted by molar-refractivity contribution is 5.91. The van der Waals surface area contributed by atoms with Gasteiger partial charge in [0.2, 0.25) is 0 Å². The number of hydrogen-bond donors (Lipinski definition) is 0. The van der Waals surface area contributed by atoms with Crippen LogP contribution in [0.1, 0.15) is 5.82 Å². The van der Waals surface area contributed by atoms with Crippen molar-refractivity contribution >= 4 is 16.6 Å². The van der Waals surface area contributed by atoms with Crippen LogP contribution < -0.4 is 0 Å². The van der Waals surface area contributed by atoms with Crippen molar-refractivity contribution in [1.82, 2.24) is 19.6 Å². The molecule has 5 heteroatoms. The standard InChI is InChI=1S/C14H10N4O/c1-9-15-12-5-3-2-4-11(12)14-16-13(17-18(9)14)10-6-7-19-8-10/h2-8H,1H3. The zero-order chi connectivity index (χ0) is 12.8. The number of nitrogens with zero attached hydrogens (tertiary/aromatic N) is 4. The van der Waals surface area contributed by atoms with Gasteiger partial charge in [0.25, 0.3) is 0 Å². The normalized spacial score (nSPS) is 11.4. The molecule has 1 aromatic carbocycles. The summed E-state index contributed by atoms with van der Waals surface area (Å²) >= 11 is 0. The minimum absolute atomic E-state index is 0.648. The van der Waals surface area contributed by atoms with Crippen LogP contribution in [0.25, 0.3) is 27.9 Å². The number of hydrogen-bond acceptors (Lipinski definition) is 4. The molecule has 4 aromatic rings. The van der Waals surface area contributed by atoms with Gasteiger partial charge in [-0.3, -0.25) is 0 Å². The fourth-order valence-corrected chi connectivity index (χ4v) is 2.21. The number of para-hydroxylation sites is 1. The molecular formula is C14H10N4O. The van der Waals surface area contributed by atoms with Gasteiger partial charge in [-0.1, -0.05) is 12.1 Å². The van der Waals surface area contributed by atoms with Crippen molar-refractivity contribution < 1.29 is 4.42 Å². The summed E-state index contributed by atoms with van der Waals surface area (Å²) in [5.41, 5.74) is 2.62. The molecule has 5 nitrogen and oxygen atoms in total. The maximum atomic E-state index is 5.08. The first kappa shape index (κ1) is 10.3. The molecule has 0 amide bonds. The lowest BCUT2D eigenvalue weighted by atomic mass is 10.2. The van der Waals surface area contributed by atoms with Crippen LogP contribution in [0.4, 0.5) is 0 Å². The summed E-state index contributed by atoms with van der Waals surface area (Å²) in [5, 5.41) is 5.48. The van der Waals surface area contributed by atoms with Crippen LogP contribution in [-0.2, 0) is 0 Å². The maximum absolute atomic E-state index is 5.08. The maximum Gasteiger partial charge on any atom is 0.185 e. The monoisotopic (exact) mass is 250 g/mol. The van der Waals surface area contributed by atoms with Crippen LogP contribution in [0.2, 0.25) is 0 Å². The van der Waals surface area contributed by atoms with E-state index in [2.05, 4.69) is 15.1 Å². The zero-order valence-corrected chi connectivity index (χ0v) is 10.2. The fourth-order valence-electron chi connectivity index (χ4n) is 2.21. The van der Waals surface area contributed by atoms with Gasteiger partial charge < -0.3 is 4.42 Å². The molecule has 0 atom stereocenters. The Labute approximate surface area is 108 Å². The molecule has 0 spiro atoms. The second-order valence-corrected chi connectivity index (χ2v) is 4.36. The number of benzene rings is 1. The lowest BCUT2D eigenvalue weighted by Gasteiger charge is -2.01. The molecule has 0 radical (unpaired) electrons. The van der Waals surface area contributed by atoms with Crippen LogP contribution in [0.15, 0.2) is 47.3 Å². The predicted molar refractivity (Wildman–Crippen MR) is 70.7 cm³/mol. The highest BCUT2D eigenvalue weighted by atomic mass is 16.3. The van der Waals surface area contributed by atoms with E-state index in [0.717, 1.165) is 27.9 Å². The first-order valence-corrected chi connectivity index (χ1v) is 5.97. The van der Waals surface area contributed by atoms with Crippen molar-refractivity contribution in [2.75, 3.05) is 0 Å². The summed E-state index contributed by atoms with van der Waals surface area (Å²) in [6.07, 6.45) is 3.25. The summed E-state index contributed by atoms with van der Waals surface area (Å²) in [4.78, 5) is 9.13. The van der Waals surface area contributed by atoms with E-state index < -0.39 is 0 Å². The quantitative estimate of drug-likeness (QED) is 0.521. The topological polar surface area (TPSA) is 56.2 Å². The number of aryl methyl sites for hydroxylation is 1. The third-order valence-electron chi connectivity index (χ3n) is 3.12. The van der Waals surface area contributed by atoms with Gasteiger partial charge in [-0.05, 0) is 25.1 Å². The van der Waals surface area contributed by atoms with Crippen molar-refractivity contribution in [3.05, 3.63) is 48.7 Å². The molecule has 92 valence electrons. The minimum atomic E-state index is 0.648. The molecule has 0 saturated carbocycles. The number of rotatable bonds is 1. The smallest absolute Gasteiger partial charge is 0.185 e. The predicted octanol–water partition coefficient (Wildman–Crippen LogP) is 2.85. The second-order valence-electron chi connectivity index (χ2n) is 4.36. The van der Waals surface area contributed by atoms with E-state index in [9.17, 15) is 0 Å². The molecule has 4 rings (SSSR count). The average Bonchev–Trinajstić information content (AvgIpc) is 3.08. The van der Waals surface area contributed by atoms with Gasteiger partial charge in [-0.2, -0.15) is 4.52 Å². The van der Waals surface area contributed by atoms with Gasteiger partial charge in [0.15, 0.2) is 11.5 Å². The van der Waals surface area contributed by atoms with E-state index in [4.69, 9.17) is 4.42 Å². The minimum Gasteiger partial charge on any atom is -0.472 e. The Morgan fingerprint density at radius 2 is 2.00 bits per heavy atom. The van der Waals surface area contributed by atoms with Gasteiger partial charge in [0.1, 0.15) is 12.1 Å². The summed E-state index contributed by atoms with van der Waals surface area (Å²) in [6, 6.07) is 9.78. The molecule has 3 aromatic heterocycles. The molecule has 3 heterocycles. The lowest BCUT2D eigenvalue weighted by Crippen LogP contribution is -1.98. The molecule has 0 saturated heterocycles. The molecular weight excluding hydrogens is 240 g/mol. The Bertz CT molecular complexity index is 877. The molecule has 0 aliphatic heterocycles. The fraction of sp³-hybridized carbons (Fsp3) is 0.0714. The number of fused-ring (bicyclic) bond motifs is 3. The van der Waals surface area contributed by atoms with Gasteiger partial charge in [-0.25, -0.2) is 9.97 Å². The van der Waals surface area contributed by atoms with Crippen molar-refractivity contribution in [3.8, 4) is 11.4 Å². The van der Waals surface area contributed by atoms with Crippen molar-refractivity contribution in [3.63, 3.8) is 0 Å². The average molecular weight is 250 g/mol. The molecule has 0 bridgehead atoms. The largest absolute Gasteiger partial charge is 0.472 e. The first-order chi connectivity index (χ1) is 9.33. The van der Waals surface area contributed by atoms with Gasteiger partial charge in [0, 0.05) is 5.39 Å². The van der Waals surface area contributed by atoms with E-state index in [1.807, 2.05) is 37.3 Å². The molecule has 0 aliphatic rings. The van der Waals surface area contributed by atoms with Gasteiger partial charge in [0.05, 0.1) is 17.3 Å². The molecule has 0 N–H and O–H groups in total. The second kappa shape index (κ2) is 3.65. The Kier molecular flexibility index (Phi) is 1.97. The van der Waals surface area contributed by atoms with Crippen molar-refractivity contribution in [1.29, 1.82) is 0 Å². The molecule has 0 unspecified atom stereocenters. The van der Waals surface area contributed by atoms with Crippen LogP contribution >= 0.6 is 0 Å². The van der Waals surface area contributed by atoms with E-state index in [1.54, 1.807) is 17.0 Å². The van der Waals surface area contributed by atoms with E-state index in [-0.39, 0.29) is 0 Å². The Hall–Kier alpha value is -2.69. The lowest BCUT2D eigenvalue weighted by molar-refractivity contribution is 0.568. The highest BCUT2D eigenvalue weighted by Crippen LogP contribution is 2.22. The van der Waals surface area contributed by atoms with Gasteiger partial charge in [-0.15, -0.1) is 5.10 Å². The summed E-state index contributed by atoms with van der Waals surface area (Å²) in [6.45, 7) is 1.92. The third kappa shape index (κ3) is 1.45. The van der Waals surface area contributed by atoms with E-state index >= 15 is 0 Å². The van der Waals surface area contributed by atoms with Crippen molar-refractivity contribution in [2.24, 2.45) is 0 Å². The third-order valence-corrected chi connectivity index (χ3v) is 3.12. The van der Waals surface area contributed by atoms with E-state index in [0.29, 0.717) is 5.82 Å². The van der Waals surface area contributed by atoms with Crippen LogP contribution in [0.5, 0.6) is 0 Å². The molecule has 19 heavy (non-hydrogen) atoms. The molecule has 0 aliphatic carbocycles. The Balaban J connectivity index is 2.12. The van der Waals surface area contributed by atoms with Gasteiger partial charge >= 0.3 is 0 Å². The van der Waals surface area contributed by atoms with Crippen molar-refractivity contribution in [2.45, 2.75) is 6.92 Å². The first-order valence-electron chi connectivity index (χ1n) is 5.97. The Morgan fingerprint density at radius 3 is 2.84 bits per heavy atom. The summed E-state index contributed by atoms with van der Waals surface area (Å²) in [7, 11) is 0. The zero-order valence-electron chi connectivity index (χ0n) is 10.2. The SMILES string of the molecule is Cc1nc2ccccc2c2nc(-c3ccoc3)nn12. The van der Waals surface area contributed by atoms with Crippen LogP contribution in [0.3, 0.4) is 0 Å². The summed E-state index contributed by atoms with van der Waals surface area (Å²) in [5.74, 6) is 1.46.